The quantitative estimate of drug-likeness (QED) is 0.126. The molecular formula is C44H53F3N4O8. The van der Waals surface area contributed by atoms with E-state index < -0.39 is 35.7 Å². The maximum atomic E-state index is 11.9. The molecule has 4 aliphatic rings. The summed E-state index contributed by atoms with van der Waals surface area (Å²) in [6, 6.07) is 19.5. The Labute approximate surface area is 340 Å². The van der Waals surface area contributed by atoms with E-state index in [2.05, 4.69) is 28.5 Å². The number of nitrogens with zero attached hydrogens (tertiary/aromatic N) is 2. The number of phenolic OH excluding ortho intramolecular Hbond substituents is 1. The number of phenols is 1. The number of hydrogen-bond donors (Lipinski definition) is 6. The fourth-order valence-electron chi connectivity index (χ4n) is 9.00. The van der Waals surface area contributed by atoms with Crippen molar-refractivity contribution in [3.8, 4) is 22.8 Å². The number of pyridine rings is 1. The second-order valence-corrected chi connectivity index (χ2v) is 16.0. The molecule has 8 atom stereocenters. The molecule has 0 spiro atoms. The van der Waals surface area contributed by atoms with Crippen molar-refractivity contribution in [2.75, 3.05) is 19.8 Å². The van der Waals surface area contributed by atoms with E-state index in [0.29, 0.717) is 48.6 Å². The minimum Gasteiger partial charge on any atom is -0.508 e. The number of aliphatic hydroxyl groups is 3. The van der Waals surface area contributed by atoms with E-state index in [-0.39, 0.29) is 29.7 Å². The highest BCUT2D eigenvalue weighted by Gasteiger charge is 2.54. The van der Waals surface area contributed by atoms with Gasteiger partial charge in [0.25, 0.3) is 5.91 Å². The number of aryl methyl sites for hydroxylation is 1. The molecule has 2 aromatic carbocycles. The fraction of sp³-hybridized carbons (Fsp3) is 0.500. The highest BCUT2D eigenvalue weighted by atomic mass is 19.4. The predicted octanol–water partition coefficient (Wildman–Crippen LogP) is 6.18. The Kier molecular flexibility index (Phi) is 14.1. The Balaban J connectivity index is 0.000000163. The van der Waals surface area contributed by atoms with Crippen LogP contribution in [-0.4, -0.2) is 85.7 Å². The van der Waals surface area contributed by atoms with Gasteiger partial charge in [0.2, 0.25) is 5.56 Å². The molecule has 1 amide bonds. The van der Waals surface area contributed by atoms with E-state index in [1.807, 2.05) is 31.2 Å². The largest absolute Gasteiger partial charge is 0.508 e. The first kappa shape index (κ1) is 43.7. The first-order valence-electron chi connectivity index (χ1n) is 20.3. The second-order valence-electron chi connectivity index (χ2n) is 16.0. The topological polar surface area (TPSA) is 187 Å². The Hall–Kier alpha value is -4.83. The number of H-pyrrole nitrogens is 1. The number of alkyl halides is 3. The molecule has 15 heteroatoms. The van der Waals surface area contributed by atoms with Crippen LogP contribution in [0.1, 0.15) is 92.0 Å². The van der Waals surface area contributed by atoms with Gasteiger partial charge < -0.3 is 40.2 Å². The highest BCUT2D eigenvalue weighted by Crippen LogP contribution is 2.61. The highest BCUT2D eigenvalue weighted by molar-refractivity contribution is 5.92. The van der Waals surface area contributed by atoms with Crippen molar-refractivity contribution in [2.24, 2.45) is 17.3 Å². The van der Waals surface area contributed by atoms with Crippen LogP contribution >= 0.6 is 0 Å². The molecule has 318 valence electrons. The smallest absolute Gasteiger partial charge is 0.431 e. The number of aromatic nitrogens is 3. The van der Waals surface area contributed by atoms with Crippen molar-refractivity contribution in [1.29, 1.82) is 0 Å². The van der Waals surface area contributed by atoms with Crippen LogP contribution in [0, 0.1) is 17.3 Å². The van der Waals surface area contributed by atoms with Gasteiger partial charge in [-0.3, -0.25) is 9.59 Å². The van der Waals surface area contributed by atoms with Crippen LogP contribution in [0.15, 0.2) is 77.6 Å². The van der Waals surface area contributed by atoms with Crippen LogP contribution in [0.2, 0.25) is 0 Å². The van der Waals surface area contributed by atoms with E-state index in [4.69, 9.17) is 9.47 Å². The van der Waals surface area contributed by atoms with E-state index in [1.54, 1.807) is 29.2 Å². The van der Waals surface area contributed by atoms with Crippen molar-refractivity contribution in [1.82, 2.24) is 20.5 Å². The number of ether oxygens (including phenoxy) is 2. The van der Waals surface area contributed by atoms with Crippen molar-refractivity contribution >= 4 is 5.91 Å². The summed E-state index contributed by atoms with van der Waals surface area (Å²) < 4.78 is 46.5. The van der Waals surface area contributed by atoms with Gasteiger partial charge in [-0.25, -0.2) is 0 Å². The molecule has 0 radical (unpaired) electrons. The summed E-state index contributed by atoms with van der Waals surface area (Å²) in [5.41, 5.74) is 2.99. The lowest BCUT2D eigenvalue weighted by Gasteiger charge is -2.50. The number of nitrogens with one attached hydrogen (secondary N) is 2. The van der Waals surface area contributed by atoms with Crippen LogP contribution in [0.25, 0.3) is 11.3 Å². The average molecular weight is 823 g/mol. The van der Waals surface area contributed by atoms with Gasteiger partial charge >= 0.3 is 6.18 Å². The summed E-state index contributed by atoms with van der Waals surface area (Å²) in [5, 5.41) is 50.5. The lowest BCUT2D eigenvalue weighted by Crippen LogP contribution is -2.47. The number of hydrogen-bond acceptors (Lipinski definition) is 10. The molecule has 4 aromatic rings. The van der Waals surface area contributed by atoms with Crippen molar-refractivity contribution in [3.05, 3.63) is 106 Å². The zero-order valence-electron chi connectivity index (χ0n) is 33.2. The monoisotopic (exact) mass is 822 g/mol. The molecule has 2 saturated carbocycles. The molecule has 8 unspecified atom stereocenters. The summed E-state index contributed by atoms with van der Waals surface area (Å²) in [4.78, 5) is 23.9. The zero-order chi connectivity index (χ0) is 42.3. The number of fused-ring (bicyclic) bond motifs is 5. The molecular weight excluding hydrogens is 769 g/mol. The summed E-state index contributed by atoms with van der Waals surface area (Å²) in [6.45, 7) is 5.45. The molecule has 0 bridgehead atoms. The minimum atomic E-state index is -4.47. The number of aromatic hydroxyl groups is 1. The summed E-state index contributed by atoms with van der Waals surface area (Å²) in [6.07, 6.45) is 1.31. The molecule has 1 saturated heterocycles. The minimum absolute atomic E-state index is 0.0883. The number of aromatic amines is 1. The first-order chi connectivity index (χ1) is 28.2. The summed E-state index contributed by atoms with van der Waals surface area (Å²) in [7, 11) is 0. The lowest BCUT2D eigenvalue weighted by molar-refractivity contribution is -0.144. The third kappa shape index (κ3) is 10.5. The number of benzene rings is 2. The van der Waals surface area contributed by atoms with Gasteiger partial charge in [-0.2, -0.15) is 13.2 Å². The van der Waals surface area contributed by atoms with Crippen LogP contribution in [0.3, 0.4) is 0 Å². The van der Waals surface area contributed by atoms with Gasteiger partial charge in [0.05, 0.1) is 17.9 Å². The maximum absolute atomic E-state index is 11.9. The van der Waals surface area contributed by atoms with Gasteiger partial charge in [-0.05, 0) is 140 Å². The first-order valence-corrected chi connectivity index (χ1v) is 20.3. The third-order valence-corrected chi connectivity index (χ3v) is 12.3. The molecule has 3 fully saturated rings. The second kappa shape index (κ2) is 19.0. The van der Waals surface area contributed by atoms with E-state index in [0.717, 1.165) is 55.4 Å². The van der Waals surface area contributed by atoms with Gasteiger partial charge in [0.1, 0.15) is 36.0 Å². The van der Waals surface area contributed by atoms with Crippen LogP contribution in [0.4, 0.5) is 13.2 Å². The SMILES string of the molecule is CC12CCC3c4ccc(O)cc4CCC3C1CCC2O.CCCNC(=O)c1ccc(-c2ccc(OCC3OCCC(O)C3O)cc2)nn1.O=c1cccc(C(F)(F)F)[nH]1. The fourth-order valence-corrected chi connectivity index (χ4v) is 9.00. The van der Waals surface area contributed by atoms with Crippen molar-refractivity contribution in [2.45, 2.75) is 102 Å². The Bertz CT molecular complexity index is 2060. The standard InChI is InChI=1S/C20H25N3O5.C18H24O2.C6H4F3NO/c1-2-10-21-20(26)16-8-7-15(22-23-16)13-3-5-14(6-4-13)28-12-18-19(25)17(24)9-11-27-18;1-18-9-8-14-13-5-3-12(19)10-11(13)2-4-15(14)16(18)6-7-17(18)20;7-6(8,9)4-2-1-3-5(11)10-4/h3-8,17-19,24-25H,2,9-12H2,1H3,(H,21,26);3,5,10,14-17,19-20H,2,4,6-9H2,1H3;1-3H,(H,10,11). The van der Waals surface area contributed by atoms with Gasteiger partial charge in [0, 0.05) is 24.8 Å². The molecule has 2 aromatic heterocycles. The maximum Gasteiger partial charge on any atom is 0.431 e. The number of halogens is 3. The lowest BCUT2D eigenvalue weighted by atomic mass is 9.55. The number of aliphatic hydroxyl groups excluding tert-OH is 3. The number of carbonyl (C=O) groups is 1. The van der Waals surface area contributed by atoms with E-state index >= 15 is 0 Å². The Morgan fingerprint density at radius 2 is 1.76 bits per heavy atom. The molecule has 6 N–H and O–H groups in total. The molecule has 3 heterocycles. The Morgan fingerprint density at radius 1 is 0.983 bits per heavy atom. The van der Waals surface area contributed by atoms with Crippen molar-refractivity contribution < 1.29 is 47.9 Å². The van der Waals surface area contributed by atoms with Crippen LogP contribution in [-0.2, 0) is 17.3 Å². The Morgan fingerprint density at radius 3 is 2.44 bits per heavy atom. The number of amides is 1. The van der Waals surface area contributed by atoms with E-state index in [1.165, 1.54) is 30.4 Å². The third-order valence-electron chi connectivity index (χ3n) is 12.3. The molecule has 1 aliphatic heterocycles. The average Bonchev–Trinajstić information content (AvgIpc) is 3.54. The molecule has 8 rings (SSSR count). The molecule has 59 heavy (non-hydrogen) atoms. The van der Waals surface area contributed by atoms with Crippen LogP contribution in [0.5, 0.6) is 11.5 Å². The van der Waals surface area contributed by atoms with Gasteiger partial charge in [-0.1, -0.05) is 26.0 Å². The summed E-state index contributed by atoms with van der Waals surface area (Å²) >= 11 is 0. The summed E-state index contributed by atoms with van der Waals surface area (Å²) in [5.74, 6) is 2.87. The number of carbonyl (C=O) groups excluding carboxylic acids is 1. The van der Waals surface area contributed by atoms with Gasteiger partial charge in [0.15, 0.2) is 5.69 Å². The van der Waals surface area contributed by atoms with Crippen molar-refractivity contribution in [3.63, 3.8) is 0 Å². The van der Waals surface area contributed by atoms with Crippen LogP contribution < -0.4 is 15.6 Å². The van der Waals surface area contributed by atoms with E-state index in [9.17, 15) is 43.2 Å². The normalized spacial score (nSPS) is 27.0. The molecule has 12 nitrogen and oxygen atoms in total. The zero-order valence-corrected chi connectivity index (χ0v) is 33.2. The molecule has 3 aliphatic carbocycles. The number of rotatable bonds is 7. The predicted molar refractivity (Wildman–Crippen MR) is 213 cm³/mol. The van der Waals surface area contributed by atoms with Gasteiger partial charge in [-0.15, -0.1) is 10.2 Å².